The second kappa shape index (κ2) is 8.56. The minimum atomic E-state index is -0.987. The summed E-state index contributed by atoms with van der Waals surface area (Å²) in [6, 6.07) is 21.4. The molecular weight excluding hydrogens is 346 g/mol. The van der Waals surface area contributed by atoms with Gasteiger partial charge in [0, 0.05) is 22.9 Å². The van der Waals surface area contributed by atoms with E-state index >= 15 is 0 Å². The van der Waals surface area contributed by atoms with Crippen LogP contribution in [0.15, 0.2) is 72.8 Å². The summed E-state index contributed by atoms with van der Waals surface area (Å²) in [4.78, 5) is 12.3. The fourth-order valence-electron chi connectivity index (χ4n) is 2.91. The van der Waals surface area contributed by atoms with Crippen LogP contribution < -0.4 is 10.6 Å². The Balaban J connectivity index is 1.71. The molecule has 0 aliphatic carbocycles. The van der Waals surface area contributed by atoms with Crippen LogP contribution in [-0.2, 0) is 4.79 Å². The maximum absolute atomic E-state index is 13.3. The zero-order valence-corrected chi connectivity index (χ0v) is 15.0. The predicted molar refractivity (Wildman–Crippen MR) is 101 cm³/mol. The molecule has 0 aliphatic rings. The van der Waals surface area contributed by atoms with Crippen LogP contribution in [0.5, 0.6) is 0 Å². The van der Waals surface area contributed by atoms with Gasteiger partial charge in [0.25, 0.3) is 5.91 Å². The number of benzene rings is 3. The number of hydrogen-bond acceptors (Lipinski definition) is 1. The van der Waals surface area contributed by atoms with E-state index in [0.29, 0.717) is 0 Å². The van der Waals surface area contributed by atoms with Gasteiger partial charge in [0.1, 0.15) is 6.04 Å². The lowest BCUT2D eigenvalue weighted by Gasteiger charge is -2.17. The Bertz CT molecular complexity index is 911. The Kier molecular flexibility index (Phi) is 5.94. The molecule has 0 saturated carbocycles. The normalized spacial score (nSPS) is 11.8. The number of halogens is 2. The molecule has 0 aliphatic heterocycles. The van der Waals surface area contributed by atoms with Crippen LogP contribution in [0.1, 0.15) is 22.7 Å². The van der Waals surface area contributed by atoms with E-state index in [1.54, 1.807) is 0 Å². The monoisotopic (exact) mass is 367 g/mol. The molecular formula is C22H21F2N2O+. The van der Waals surface area contributed by atoms with Crippen LogP contribution >= 0.6 is 0 Å². The van der Waals surface area contributed by atoms with Crippen molar-refractivity contribution in [2.45, 2.75) is 13.0 Å². The van der Waals surface area contributed by atoms with Crippen molar-refractivity contribution in [3.63, 3.8) is 0 Å². The Labute approximate surface area is 157 Å². The van der Waals surface area contributed by atoms with Crippen LogP contribution in [0.3, 0.4) is 0 Å². The number of nitrogens with two attached hydrogens (primary N) is 1. The summed E-state index contributed by atoms with van der Waals surface area (Å²) < 4.78 is 26.3. The molecule has 1 amide bonds. The van der Waals surface area contributed by atoms with Crippen LogP contribution in [0.2, 0.25) is 0 Å². The van der Waals surface area contributed by atoms with Gasteiger partial charge >= 0.3 is 0 Å². The van der Waals surface area contributed by atoms with Crippen molar-refractivity contribution in [2.75, 3.05) is 11.9 Å². The van der Waals surface area contributed by atoms with Gasteiger partial charge in [-0.05, 0) is 19.1 Å². The maximum Gasteiger partial charge on any atom is 0.279 e. The van der Waals surface area contributed by atoms with E-state index in [4.69, 9.17) is 0 Å². The van der Waals surface area contributed by atoms with Gasteiger partial charge in [0.05, 0.1) is 0 Å². The van der Waals surface area contributed by atoms with Gasteiger partial charge in [0.15, 0.2) is 18.2 Å². The summed E-state index contributed by atoms with van der Waals surface area (Å²) in [6.45, 7) is 2.17. The van der Waals surface area contributed by atoms with E-state index in [1.807, 2.05) is 54.7 Å². The summed E-state index contributed by atoms with van der Waals surface area (Å²) in [5.74, 6) is -2.21. The zero-order chi connectivity index (χ0) is 19.2. The number of hydrogen-bond donors (Lipinski definition) is 2. The molecule has 1 atom stereocenters. The van der Waals surface area contributed by atoms with Gasteiger partial charge in [-0.3, -0.25) is 4.79 Å². The fourth-order valence-corrected chi connectivity index (χ4v) is 2.91. The largest absolute Gasteiger partial charge is 0.328 e. The fraction of sp³-hybridized carbons (Fsp3) is 0.136. The molecule has 0 heterocycles. The molecule has 0 saturated heterocycles. The maximum atomic E-state index is 13.3. The van der Waals surface area contributed by atoms with Crippen molar-refractivity contribution in [3.05, 3.63) is 101 Å². The molecule has 3 rings (SSSR count). The van der Waals surface area contributed by atoms with Gasteiger partial charge in [-0.2, -0.15) is 0 Å². The summed E-state index contributed by atoms with van der Waals surface area (Å²) >= 11 is 0. The Morgan fingerprint density at radius 2 is 1.59 bits per heavy atom. The number of rotatable bonds is 6. The van der Waals surface area contributed by atoms with Crippen LogP contribution in [0.4, 0.5) is 14.5 Å². The molecule has 3 aromatic carbocycles. The van der Waals surface area contributed by atoms with Crippen molar-refractivity contribution < 1.29 is 18.9 Å². The highest BCUT2D eigenvalue weighted by Crippen LogP contribution is 2.18. The van der Waals surface area contributed by atoms with Gasteiger partial charge in [0.2, 0.25) is 0 Å². The topological polar surface area (TPSA) is 45.7 Å². The number of aryl methyl sites for hydroxylation is 1. The summed E-state index contributed by atoms with van der Waals surface area (Å²) in [5.41, 5.74) is 3.58. The Morgan fingerprint density at radius 1 is 0.926 bits per heavy atom. The molecule has 0 radical (unpaired) electrons. The third-order valence-electron chi connectivity index (χ3n) is 4.34. The minimum Gasteiger partial charge on any atom is -0.328 e. The quantitative estimate of drug-likeness (QED) is 0.687. The van der Waals surface area contributed by atoms with E-state index < -0.39 is 11.6 Å². The SMILES string of the molecule is Cc1ccc([C@@H]([NH2+]CC(=O)Nc2ccc(F)c(F)c2)c2ccccc2)cc1. The molecule has 0 aromatic heterocycles. The third-order valence-corrected chi connectivity index (χ3v) is 4.34. The van der Waals surface area contributed by atoms with E-state index in [-0.39, 0.29) is 24.2 Å². The molecule has 0 unspecified atom stereocenters. The zero-order valence-electron chi connectivity index (χ0n) is 15.0. The second-order valence-electron chi connectivity index (χ2n) is 6.42. The molecule has 3 aromatic rings. The van der Waals surface area contributed by atoms with Crippen molar-refractivity contribution >= 4 is 11.6 Å². The Morgan fingerprint density at radius 3 is 2.26 bits per heavy atom. The second-order valence-corrected chi connectivity index (χ2v) is 6.42. The first-order valence-corrected chi connectivity index (χ1v) is 8.72. The molecule has 0 bridgehead atoms. The molecule has 5 heteroatoms. The molecule has 3 N–H and O–H groups in total. The number of carbonyl (C=O) groups excluding carboxylic acids is 1. The summed E-state index contributed by atoms with van der Waals surface area (Å²) in [7, 11) is 0. The molecule has 0 spiro atoms. The predicted octanol–water partition coefficient (Wildman–Crippen LogP) is 3.56. The number of nitrogens with one attached hydrogen (secondary N) is 1. The highest BCUT2D eigenvalue weighted by atomic mass is 19.2. The van der Waals surface area contributed by atoms with Crippen LogP contribution in [-0.4, -0.2) is 12.5 Å². The van der Waals surface area contributed by atoms with Gasteiger partial charge in [-0.15, -0.1) is 0 Å². The number of carbonyl (C=O) groups is 1. The third kappa shape index (κ3) is 4.99. The van der Waals surface area contributed by atoms with Gasteiger partial charge in [-0.1, -0.05) is 60.2 Å². The lowest BCUT2D eigenvalue weighted by atomic mass is 9.98. The lowest BCUT2D eigenvalue weighted by molar-refractivity contribution is -0.676. The van der Waals surface area contributed by atoms with Crippen LogP contribution in [0, 0.1) is 18.6 Å². The van der Waals surface area contributed by atoms with Crippen LogP contribution in [0.25, 0.3) is 0 Å². The standard InChI is InChI=1S/C22H20F2N2O/c1-15-7-9-17(10-8-15)22(16-5-3-2-4-6-16)25-14-21(27)26-18-11-12-19(23)20(24)13-18/h2-13,22,25H,14H2,1H3,(H,26,27)/p+1/t22-/m0/s1. The average Bonchev–Trinajstić information content (AvgIpc) is 2.67. The van der Waals surface area contributed by atoms with Gasteiger partial charge in [-0.25, -0.2) is 8.78 Å². The first-order chi connectivity index (χ1) is 13.0. The average molecular weight is 367 g/mol. The first kappa shape index (κ1) is 18.7. The number of anilines is 1. The molecule has 27 heavy (non-hydrogen) atoms. The highest BCUT2D eigenvalue weighted by Gasteiger charge is 2.19. The minimum absolute atomic E-state index is 0.0393. The summed E-state index contributed by atoms with van der Waals surface area (Å²) in [6.07, 6.45) is 0. The first-order valence-electron chi connectivity index (χ1n) is 8.72. The summed E-state index contributed by atoms with van der Waals surface area (Å²) in [5, 5.41) is 4.53. The van der Waals surface area contributed by atoms with E-state index in [2.05, 4.69) is 17.4 Å². The molecule has 3 nitrogen and oxygen atoms in total. The lowest BCUT2D eigenvalue weighted by Crippen LogP contribution is -2.87. The Hall–Kier alpha value is -3.05. The smallest absolute Gasteiger partial charge is 0.279 e. The van der Waals surface area contributed by atoms with Crippen molar-refractivity contribution in [3.8, 4) is 0 Å². The number of amides is 1. The van der Waals surface area contributed by atoms with Crippen molar-refractivity contribution in [2.24, 2.45) is 0 Å². The van der Waals surface area contributed by atoms with Crippen molar-refractivity contribution in [1.82, 2.24) is 0 Å². The van der Waals surface area contributed by atoms with E-state index in [9.17, 15) is 13.6 Å². The van der Waals surface area contributed by atoms with E-state index in [0.717, 1.165) is 23.3 Å². The highest BCUT2D eigenvalue weighted by molar-refractivity contribution is 5.91. The van der Waals surface area contributed by atoms with Crippen molar-refractivity contribution in [1.29, 1.82) is 0 Å². The molecule has 138 valence electrons. The molecule has 0 fully saturated rings. The van der Waals surface area contributed by atoms with E-state index in [1.165, 1.54) is 11.6 Å². The van der Waals surface area contributed by atoms with Gasteiger partial charge < -0.3 is 10.6 Å². The number of quaternary nitrogens is 1.